The molecule has 0 aliphatic rings. The van der Waals surface area contributed by atoms with Gasteiger partial charge >= 0.3 is 0 Å². The van der Waals surface area contributed by atoms with Gasteiger partial charge in [-0.05, 0) is 13.8 Å². The Morgan fingerprint density at radius 3 is 2.75 bits per heavy atom. The van der Waals surface area contributed by atoms with E-state index in [1.807, 2.05) is 13.8 Å². The second-order valence-corrected chi connectivity index (χ2v) is 3.50. The number of nitrogens with two attached hydrogens (primary N) is 1. The van der Waals surface area contributed by atoms with Crippen molar-refractivity contribution in [2.75, 3.05) is 0 Å². The number of nitrogens with zero attached hydrogens (tertiary/aromatic N) is 2. The van der Waals surface area contributed by atoms with Crippen molar-refractivity contribution in [3.05, 3.63) is 16.9 Å². The van der Waals surface area contributed by atoms with Gasteiger partial charge in [0.1, 0.15) is 0 Å². The van der Waals surface area contributed by atoms with Crippen molar-refractivity contribution in [3.63, 3.8) is 0 Å². The first-order valence-corrected chi connectivity index (χ1v) is 4.31. The van der Waals surface area contributed by atoms with Crippen LogP contribution in [-0.2, 0) is 0 Å². The molecule has 0 aliphatic heterocycles. The molecule has 0 saturated heterocycles. The van der Waals surface area contributed by atoms with Gasteiger partial charge in [0.15, 0.2) is 0 Å². The van der Waals surface area contributed by atoms with Crippen molar-refractivity contribution < 1.29 is 0 Å². The van der Waals surface area contributed by atoms with Crippen molar-refractivity contribution in [1.29, 1.82) is 0 Å². The van der Waals surface area contributed by atoms with E-state index in [1.54, 1.807) is 10.9 Å². The van der Waals surface area contributed by atoms with Gasteiger partial charge in [-0.1, -0.05) is 23.8 Å². The van der Waals surface area contributed by atoms with Crippen molar-refractivity contribution in [2.45, 2.75) is 19.9 Å². The molecule has 0 radical (unpaired) electrons. The summed E-state index contributed by atoms with van der Waals surface area (Å²) in [6, 6.07) is -0.0776. The van der Waals surface area contributed by atoms with Crippen LogP contribution in [0, 0.1) is 6.92 Å². The Morgan fingerprint density at radius 1 is 1.83 bits per heavy atom. The third-order valence-electron chi connectivity index (χ3n) is 1.67. The molecular formula is C7H10ClN3S. The van der Waals surface area contributed by atoms with E-state index in [4.69, 9.17) is 29.6 Å². The van der Waals surface area contributed by atoms with Crippen LogP contribution in [0.4, 0.5) is 0 Å². The van der Waals surface area contributed by atoms with Crippen molar-refractivity contribution in [2.24, 2.45) is 5.73 Å². The van der Waals surface area contributed by atoms with Crippen LogP contribution in [0.5, 0.6) is 0 Å². The number of aromatic nitrogens is 2. The fraction of sp³-hybridized carbons (Fsp3) is 0.429. The minimum atomic E-state index is -0.0776. The maximum atomic E-state index is 5.81. The van der Waals surface area contributed by atoms with Gasteiger partial charge in [0, 0.05) is 6.20 Å². The van der Waals surface area contributed by atoms with Crippen LogP contribution in [0.15, 0.2) is 6.20 Å². The van der Waals surface area contributed by atoms with Crippen molar-refractivity contribution >= 4 is 28.8 Å². The van der Waals surface area contributed by atoms with Gasteiger partial charge in [0.05, 0.1) is 21.7 Å². The summed E-state index contributed by atoms with van der Waals surface area (Å²) >= 11 is 10.6. The summed E-state index contributed by atoms with van der Waals surface area (Å²) in [5, 5.41) is 4.79. The molecule has 0 fully saturated rings. The smallest absolute Gasteiger partial charge is 0.0989 e. The topological polar surface area (TPSA) is 43.8 Å². The first kappa shape index (κ1) is 9.48. The Hall–Kier alpha value is -0.610. The maximum absolute atomic E-state index is 5.81. The molecule has 0 spiro atoms. The molecule has 5 heteroatoms. The highest BCUT2D eigenvalue weighted by Gasteiger charge is 2.10. The lowest BCUT2D eigenvalue weighted by molar-refractivity contribution is 0.606. The molecule has 0 saturated carbocycles. The molecule has 1 heterocycles. The largest absolute Gasteiger partial charge is 0.392 e. The standard InChI is InChI=1S/C7H10ClN3S/c1-4-6(8)3-11(10-4)5(2)7(9)12/h3,5H,1-2H3,(H2,9,12). The monoisotopic (exact) mass is 203 g/mol. The summed E-state index contributed by atoms with van der Waals surface area (Å²) in [5.41, 5.74) is 6.25. The zero-order valence-electron chi connectivity index (χ0n) is 6.91. The molecule has 3 nitrogen and oxygen atoms in total. The third kappa shape index (κ3) is 1.76. The third-order valence-corrected chi connectivity index (χ3v) is 2.38. The molecule has 0 amide bonds. The van der Waals surface area contributed by atoms with E-state index < -0.39 is 0 Å². The molecule has 0 bridgehead atoms. The quantitative estimate of drug-likeness (QED) is 0.745. The van der Waals surface area contributed by atoms with Gasteiger partial charge in [-0.3, -0.25) is 4.68 Å². The van der Waals surface area contributed by atoms with Gasteiger partial charge in [0.2, 0.25) is 0 Å². The highest BCUT2D eigenvalue weighted by Crippen LogP contribution is 2.15. The number of rotatable bonds is 2. The second-order valence-electron chi connectivity index (χ2n) is 2.62. The molecule has 2 N–H and O–H groups in total. The van der Waals surface area contributed by atoms with Crippen LogP contribution in [0.3, 0.4) is 0 Å². The van der Waals surface area contributed by atoms with Gasteiger partial charge in [0.25, 0.3) is 0 Å². The lowest BCUT2D eigenvalue weighted by Crippen LogP contribution is -2.22. The zero-order chi connectivity index (χ0) is 9.30. The predicted octanol–water partition coefficient (Wildman–Crippen LogP) is 1.69. The molecule has 12 heavy (non-hydrogen) atoms. The van der Waals surface area contributed by atoms with E-state index in [1.165, 1.54) is 0 Å². The summed E-state index contributed by atoms with van der Waals surface area (Å²) in [4.78, 5) is 0.411. The number of hydrogen-bond acceptors (Lipinski definition) is 2. The number of hydrogen-bond donors (Lipinski definition) is 1. The first-order valence-electron chi connectivity index (χ1n) is 3.53. The van der Waals surface area contributed by atoms with Crippen LogP contribution in [0.25, 0.3) is 0 Å². The Labute approximate surface area is 81.5 Å². The zero-order valence-corrected chi connectivity index (χ0v) is 8.49. The molecule has 1 aromatic rings. The van der Waals surface area contributed by atoms with Crippen LogP contribution >= 0.6 is 23.8 Å². The molecule has 66 valence electrons. The molecule has 0 aliphatic carbocycles. The molecule has 1 rings (SSSR count). The Bertz CT molecular complexity index is 288. The van der Waals surface area contributed by atoms with Gasteiger partial charge in [-0.25, -0.2) is 0 Å². The van der Waals surface area contributed by atoms with E-state index in [0.717, 1.165) is 5.69 Å². The Kier molecular flexibility index (Phi) is 2.69. The van der Waals surface area contributed by atoms with Gasteiger partial charge in [-0.2, -0.15) is 5.10 Å². The predicted molar refractivity (Wildman–Crippen MR) is 53.5 cm³/mol. The Morgan fingerprint density at radius 2 is 2.42 bits per heavy atom. The number of aryl methyl sites for hydroxylation is 1. The van der Waals surface area contributed by atoms with Crippen LogP contribution in [-0.4, -0.2) is 14.8 Å². The average Bonchev–Trinajstić information content (AvgIpc) is 2.30. The maximum Gasteiger partial charge on any atom is 0.0989 e. The number of halogens is 1. The van der Waals surface area contributed by atoms with Crippen molar-refractivity contribution in [3.8, 4) is 0 Å². The Balaban J connectivity index is 2.96. The lowest BCUT2D eigenvalue weighted by Gasteiger charge is -2.08. The van der Waals surface area contributed by atoms with E-state index in [-0.39, 0.29) is 6.04 Å². The minimum Gasteiger partial charge on any atom is -0.392 e. The summed E-state index contributed by atoms with van der Waals surface area (Å²) in [5.74, 6) is 0. The van der Waals surface area contributed by atoms with Gasteiger partial charge < -0.3 is 5.73 Å². The van der Waals surface area contributed by atoms with Gasteiger partial charge in [-0.15, -0.1) is 0 Å². The minimum absolute atomic E-state index is 0.0776. The second kappa shape index (κ2) is 3.41. The molecule has 1 atom stereocenters. The molecule has 0 aromatic carbocycles. The molecule has 1 unspecified atom stereocenters. The summed E-state index contributed by atoms with van der Waals surface area (Å²) in [7, 11) is 0. The summed E-state index contributed by atoms with van der Waals surface area (Å²) in [6.45, 7) is 3.72. The molecule has 1 aromatic heterocycles. The highest BCUT2D eigenvalue weighted by molar-refractivity contribution is 7.80. The highest BCUT2D eigenvalue weighted by atomic mass is 35.5. The van der Waals surface area contributed by atoms with Crippen LogP contribution in [0.2, 0.25) is 5.02 Å². The van der Waals surface area contributed by atoms with Crippen molar-refractivity contribution in [1.82, 2.24) is 9.78 Å². The fourth-order valence-electron chi connectivity index (χ4n) is 0.788. The van der Waals surface area contributed by atoms with E-state index in [9.17, 15) is 0 Å². The lowest BCUT2D eigenvalue weighted by atomic mass is 10.3. The van der Waals surface area contributed by atoms with Crippen LogP contribution < -0.4 is 5.73 Å². The summed E-state index contributed by atoms with van der Waals surface area (Å²) in [6.07, 6.45) is 1.72. The average molecular weight is 204 g/mol. The number of thiocarbonyl (C=S) groups is 1. The normalized spacial score (nSPS) is 12.9. The van der Waals surface area contributed by atoms with E-state index in [0.29, 0.717) is 10.0 Å². The fourth-order valence-corrected chi connectivity index (χ4v) is 1.03. The first-order chi connectivity index (χ1) is 5.52. The van der Waals surface area contributed by atoms with Crippen LogP contribution in [0.1, 0.15) is 18.7 Å². The SMILES string of the molecule is Cc1nn(C(C)C(N)=S)cc1Cl. The van der Waals surface area contributed by atoms with E-state index in [2.05, 4.69) is 5.10 Å². The van der Waals surface area contributed by atoms with E-state index >= 15 is 0 Å². The molecular weight excluding hydrogens is 194 g/mol. The summed E-state index contributed by atoms with van der Waals surface area (Å²) < 4.78 is 1.67.